The van der Waals surface area contributed by atoms with Gasteiger partial charge in [0.15, 0.2) is 0 Å². The van der Waals surface area contributed by atoms with Crippen molar-refractivity contribution in [1.82, 2.24) is 97.2 Å². The molecule has 4 fully saturated rings. The fourth-order valence-electron chi connectivity index (χ4n) is 16.9. The summed E-state index contributed by atoms with van der Waals surface area (Å²) in [6, 6.07) is -7.74. The number of carboxylic acids is 1. The zero-order chi connectivity index (χ0) is 97.2. The van der Waals surface area contributed by atoms with E-state index in [0.717, 1.165) is 31.4 Å². The molecule has 43 nitrogen and oxygen atoms in total. The number of aromatic hydroxyl groups is 1. The molecule has 0 bridgehead atoms. The highest BCUT2D eigenvalue weighted by Crippen LogP contribution is 2.29. The Kier molecular flexibility index (Phi) is 37.8. The monoisotopic (exact) mass is 1870 g/mol. The van der Waals surface area contributed by atoms with Gasteiger partial charge in [0.1, 0.15) is 90.8 Å². The van der Waals surface area contributed by atoms with Gasteiger partial charge in [-0.2, -0.15) is 0 Å². The van der Waals surface area contributed by atoms with Crippen molar-refractivity contribution in [3.63, 3.8) is 0 Å². The van der Waals surface area contributed by atoms with Gasteiger partial charge in [-0.1, -0.05) is 52.0 Å². The lowest BCUT2D eigenvalue weighted by molar-refractivity contribution is -0.145. The molecule has 17 amide bonds. The summed E-state index contributed by atoms with van der Waals surface area (Å²) in [6.45, 7) is 11.7. The van der Waals surface area contributed by atoms with E-state index in [2.05, 4.69) is 81.3 Å². The number of H-pyrrole nitrogens is 1. The number of nitrogens with two attached hydrogens (primary N) is 3. The normalized spacial score (nSPS) is 24.8. The molecule has 2 unspecified atom stereocenters. The number of phenolic OH excluding ortho intramolecular Hbond substituents is 1. The Morgan fingerprint density at radius 1 is 0.579 bits per heavy atom. The van der Waals surface area contributed by atoms with Gasteiger partial charge in [0.25, 0.3) is 0 Å². The van der Waals surface area contributed by atoms with E-state index in [4.69, 9.17) is 17.2 Å². The van der Waals surface area contributed by atoms with Crippen molar-refractivity contribution in [3.05, 3.63) is 115 Å². The predicted octanol–water partition coefficient (Wildman–Crippen LogP) is -3.08. The molecule has 0 aliphatic carbocycles. The van der Waals surface area contributed by atoms with Crippen LogP contribution in [0.2, 0.25) is 0 Å². The Labute approximate surface area is 771 Å². The first-order valence-electron chi connectivity index (χ1n) is 44.3. The third-order valence-corrected chi connectivity index (χ3v) is 24.5. The molecule has 44 heteroatoms. The molecule has 5 aromatic rings. The molecule has 4 aliphatic rings. The zero-order valence-corrected chi connectivity index (χ0v) is 76.1. The Morgan fingerprint density at radius 3 is 1.74 bits per heavy atom. The lowest BCUT2D eigenvalue weighted by Crippen LogP contribution is -2.61. The summed E-state index contributed by atoms with van der Waals surface area (Å²) in [5.74, 6) is -18.7. The van der Waals surface area contributed by atoms with Gasteiger partial charge in [-0.25, -0.2) is 0 Å². The highest BCUT2D eigenvalue weighted by molar-refractivity contribution is 8.00. The Hall–Kier alpha value is -13.4. The summed E-state index contributed by atoms with van der Waals surface area (Å²) < 4.78 is 1.35. The maximum Gasteiger partial charge on any atom is 0.323 e. The first-order chi connectivity index (χ1) is 63.3. The molecular weight excluding hydrogens is 1750 g/mol. The van der Waals surface area contributed by atoms with E-state index in [1.54, 1.807) is 52.0 Å². The number of phenols is 1. The number of carbonyl (C=O) groups excluding carboxylic acids is 17. The van der Waals surface area contributed by atoms with Crippen LogP contribution in [0.25, 0.3) is 22.1 Å². The summed E-state index contributed by atoms with van der Waals surface area (Å²) in [7, 11) is 2.52. The third kappa shape index (κ3) is 28.3. The molecule has 133 heavy (non-hydrogen) atoms. The number of nitrogens with zero attached hydrogens (tertiary/aromatic N) is 8. The molecule has 0 spiro atoms. The van der Waals surface area contributed by atoms with Crippen LogP contribution in [0.15, 0.2) is 98.6 Å². The molecule has 9 rings (SSSR count). The van der Waals surface area contributed by atoms with Crippen molar-refractivity contribution in [2.75, 3.05) is 64.9 Å². The Morgan fingerprint density at radius 2 is 1.12 bits per heavy atom. The number of aromatic nitrogens is 4. The number of nitrogens with one attached hydrogen (secondary N) is 11. The number of primary amides is 2. The molecule has 4 aromatic heterocycles. The van der Waals surface area contributed by atoms with Crippen LogP contribution in [0, 0.1) is 11.8 Å². The van der Waals surface area contributed by atoms with Crippen LogP contribution in [0.3, 0.4) is 0 Å². The van der Waals surface area contributed by atoms with Crippen molar-refractivity contribution in [3.8, 4) is 5.75 Å². The average molecular weight is 1870 g/mol. The lowest BCUT2D eigenvalue weighted by Gasteiger charge is -2.34. The molecule has 1 aromatic carbocycles. The molecule has 0 saturated carbocycles. The van der Waals surface area contributed by atoms with E-state index in [-0.39, 0.29) is 138 Å². The van der Waals surface area contributed by atoms with Crippen molar-refractivity contribution in [2.24, 2.45) is 29.0 Å². The number of fused-ring (bicyclic) bond motifs is 5. The summed E-state index contributed by atoms with van der Waals surface area (Å²) in [5.41, 5.74) is 19.8. The van der Waals surface area contributed by atoms with Gasteiger partial charge in [-0.15, -0.1) is 24.9 Å². The smallest absolute Gasteiger partial charge is 0.323 e. The second kappa shape index (κ2) is 48.7. The number of amides is 17. The zero-order valence-electron chi connectivity index (χ0n) is 75.3. The Bertz CT molecular complexity index is 5120. The van der Waals surface area contributed by atoms with E-state index in [9.17, 15) is 58.5 Å². The number of rotatable bonds is 25. The predicted molar refractivity (Wildman–Crippen MR) is 485 cm³/mol. The molecule has 4 aliphatic heterocycles. The maximum atomic E-state index is 15.5. The number of aliphatic hydroxyl groups is 1. The van der Waals surface area contributed by atoms with E-state index in [0.29, 0.717) is 27.7 Å². The highest BCUT2D eigenvalue weighted by Gasteiger charge is 2.47. The molecule has 20 N–H and O–H groups in total. The van der Waals surface area contributed by atoms with Crippen LogP contribution in [-0.4, -0.2) is 315 Å². The second-order valence-electron chi connectivity index (χ2n) is 34.5. The average Bonchev–Trinajstić information content (AvgIpc) is 1.62. The lowest BCUT2D eigenvalue weighted by atomic mass is 10.00. The van der Waals surface area contributed by atoms with Crippen molar-refractivity contribution >= 4 is 140 Å². The number of hydrogen-bond acceptors (Lipinski definition) is 24. The molecule has 14 atom stereocenters. The van der Waals surface area contributed by atoms with Crippen LogP contribution in [0.4, 0.5) is 0 Å². The first-order valence-corrected chi connectivity index (χ1v) is 45.4. The van der Waals surface area contributed by atoms with Gasteiger partial charge in [-0.05, 0) is 142 Å². The maximum absolute atomic E-state index is 15.5. The molecular formula is C89H122N22O21S. The fourth-order valence-corrected chi connectivity index (χ4v) is 17.9. The quantitative estimate of drug-likeness (QED) is 0.0258. The fraction of sp³-hybridized carbons (Fsp3) is 0.528. The van der Waals surface area contributed by atoms with Gasteiger partial charge in [0, 0.05) is 90.0 Å². The number of allylic oxidation sites excluding steroid dienone is 2. The standard InChI is InChI=1S/C89H122N22O21S/c1-9-11-17-57-85(128)106(7)65(19-12-10-2)82(125)104-60(33-48(3)4)86(129)107(8)69(81(124)96-41-71(92)115)46-133-47-73(117)99-62(35-50-23-25-53(112)26-24-50)87(130)110-32-16-22-67(110)83(126)105-63(39-70(91)114)88(131)109-31-15-21-66(109)80(123)97-42-72(116)98-61(34-49(5)6)89(132)111-44-54(113)38-68(111)84(127)103-58(36-51-40-95-55-18-13-29-93-75(51)55)78(121)100-56(27-28-90)77(120)102-59(79(122)101-57)37-52-43-108(45-74(118)119)64-20-14-30-94-76(52)64/h9-10,13-14,18,20,23-26,29-30,40,43,48-49,54,56-63,65-69,95,112-113H,1-2,11-12,15-17,19,21-22,27-28,31-39,41-42,44-47,90H2,3-8H3,(H2,91,114)(H2,92,115)(H,96,124)(H,97,123)(H,98,116)(H,99,117)(H,100,121)(H,101,122)(H,102,120)(H,103,127)(H,104,125)(H,105,126)(H,118,119)/t54-,56+,57?,58+,59+,60+,61+,62+,63-,65?,66-,67+,68+,69+/m1/s1. The van der Waals surface area contributed by atoms with Crippen LogP contribution in [0.5, 0.6) is 5.75 Å². The van der Waals surface area contributed by atoms with Crippen LogP contribution < -0.4 is 70.4 Å². The minimum atomic E-state index is -1.75. The topological polar surface area (TPSA) is 629 Å². The van der Waals surface area contributed by atoms with E-state index >= 15 is 43.2 Å². The molecule has 720 valence electrons. The summed E-state index contributed by atoms with van der Waals surface area (Å²) in [6.07, 6.45) is 5.01. The highest BCUT2D eigenvalue weighted by atomic mass is 32.2. The van der Waals surface area contributed by atoms with E-state index in [1.807, 2.05) is 0 Å². The SMILES string of the molecule is C=CCCC1NC(=O)[C@H](Cc2cn(CC(=O)O)c3cccnc23)NC(=O)[C@H](CCN)NC(=O)[C@H](Cc2c[nH]c3cccnc23)NC(=O)[C@@H]2C[C@@H](O)CN2C(=O)[C@H](CC(C)C)NC(=O)CNC(=O)[C@H]2CCCN2C(=O)[C@@H](CC(N)=O)NC(=O)[C@@H]2CCCN2C(=O)[C@H](Cc2ccc(O)cc2)NC(=O)CSC[C@@H](C(=O)NCC(N)=O)N(C)C(=O)[C@H](CC(C)C)NC(=O)C(CCC=C)N(C)C1=O. The van der Waals surface area contributed by atoms with Gasteiger partial charge < -0.3 is 120 Å². The van der Waals surface area contributed by atoms with Gasteiger partial charge in [0.2, 0.25) is 100 Å². The molecule has 4 saturated heterocycles. The minimum absolute atomic E-state index is 0.0148. The number of aliphatic hydroxyl groups excluding tert-OH is 1. The van der Waals surface area contributed by atoms with Gasteiger partial charge in [-0.3, -0.25) is 96.3 Å². The number of benzene rings is 1. The van der Waals surface area contributed by atoms with Crippen LogP contribution in [0.1, 0.15) is 128 Å². The van der Waals surface area contributed by atoms with Crippen molar-refractivity contribution in [2.45, 2.75) is 222 Å². The van der Waals surface area contributed by atoms with Crippen LogP contribution >= 0.6 is 11.8 Å². The largest absolute Gasteiger partial charge is 0.508 e. The molecule has 8 heterocycles. The van der Waals surface area contributed by atoms with Crippen molar-refractivity contribution in [1.29, 1.82) is 0 Å². The number of hydrogen-bond donors (Lipinski definition) is 17. The van der Waals surface area contributed by atoms with Gasteiger partial charge in [0.05, 0.1) is 53.4 Å². The Balaban J connectivity index is 1.09. The van der Waals surface area contributed by atoms with E-state index in [1.165, 1.54) is 84.8 Å². The number of aromatic amines is 1. The number of thioether (sulfide) groups is 1. The van der Waals surface area contributed by atoms with Crippen LogP contribution in [-0.2, 0) is 112 Å². The number of carbonyl (C=O) groups is 18. The van der Waals surface area contributed by atoms with E-state index < -0.39 is 242 Å². The first kappa shape index (κ1) is 103. The third-order valence-electron chi connectivity index (χ3n) is 23.5. The number of carboxylic acid groups (broad SMARTS) is 1. The number of pyridine rings is 2. The number of aliphatic carboxylic acids is 1. The molecule has 0 radical (unpaired) electrons. The summed E-state index contributed by atoms with van der Waals surface area (Å²) in [4.78, 5) is 279. The van der Waals surface area contributed by atoms with Crippen molar-refractivity contribution < 1.29 is 102 Å². The minimum Gasteiger partial charge on any atom is -0.508 e. The second-order valence-corrected chi connectivity index (χ2v) is 35.5. The summed E-state index contributed by atoms with van der Waals surface area (Å²) in [5, 5.41) is 58.2. The summed E-state index contributed by atoms with van der Waals surface area (Å²) >= 11 is 0.810. The van der Waals surface area contributed by atoms with Gasteiger partial charge >= 0.3 is 5.97 Å². The number of likely N-dealkylation sites (N-methyl/N-ethyl adjacent to an activating group) is 2.